The molecule has 0 unspecified atom stereocenters. The summed E-state index contributed by atoms with van der Waals surface area (Å²) in [7, 11) is 1.74. The zero-order valence-electron chi connectivity index (χ0n) is 6.06. The van der Waals surface area contributed by atoms with Gasteiger partial charge in [-0.2, -0.15) is 0 Å². The van der Waals surface area contributed by atoms with Crippen molar-refractivity contribution in [3.63, 3.8) is 0 Å². The number of rotatable bonds is 2. The van der Waals surface area contributed by atoms with Gasteiger partial charge in [-0.3, -0.25) is 0 Å². The fourth-order valence-corrected chi connectivity index (χ4v) is 0.910. The van der Waals surface area contributed by atoms with Gasteiger partial charge in [0.15, 0.2) is 0 Å². The van der Waals surface area contributed by atoms with Crippen LogP contribution in [0.3, 0.4) is 0 Å². The molecule has 0 aliphatic heterocycles. The highest BCUT2D eigenvalue weighted by Crippen LogP contribution is 2.13. The highest BCUT2D eigenvalue weighted by molar-refractivity contribution is 6.29. The van der Waals surface area contributed by atoms with Crippen LogP contribution in [0.5, 0.6) is 0 Å². The van der Waals surface area contributed by atoms with E-state index in [1.165, 1.54) is 6.21 Å². The Morgan fingerprint density at radius 3 is 2.91 bits per heavy atom. The highest BCUT2D eigenvalue weighted by Gasteiger charge is 1.98. The molecule has 0 atom stereocenters. The SMILES string of the molecule is CNc1nc(Cl)ccc1C=N. The number of anilines is 1. The van der Waals surface area contributed by atoms with Gasteiger partial charge in [-0.05, 0) is 12.1 Å². The van der Waals surface area contributed by atoms with Crippen molar-refractivity contribution in [1.29, 1.82) is 5.41 Å². The maximum absolute atomic E-state index is 7.01. The van der Waals surface area contributed by atoms with Crippen molar-refractivity contribution >= 4 is 23.6 Å². The normalized spacial score (nSPS) is 9.27. The molecule has 1 heterocycles. The van der Waals surface area contributed by atoms with Gasteiger partial charge in [-0.25, -0.2) is 4.98 Å². The molecule has 0 spiro atoms. The van der Waals surface area contributed by atoms with Gasteiger partial charge in [0, 0.05) is 18.8 Å². The minimum Gasteiger partial charge on any atom is -0.373 e. The van der Waals surface area contributed by atoms with E-state index in [2.05, 4.69) is 10.3 Å². The third-order valence-electron chi connectivity index (χ3n) is 1.28. The molecule has 11 heavy (non-hydrogen) atoms. The monoisotopic (exact) mass is 169 g/mol. The Morgan fingerprint density at radius 1 is 1.64 bits per heavy atom. The molecule has 0 bridgehead atoms. The van der Waals surface area contributed by atoms with E-state index in [9.17, 15) is 0 Å². The van der Waals surface area contributed by atoms with Crippen LogP contribution in [0, 0.1) is 5.41 Å². The van der Waals surface area contributed by atoms with E-state index < -0.39 is 0 Å². The number of hydrogen-bond donors (Lipinski definition) is 2. The molecule has 0 saturated heterocycles. The number of pyridine rings is 1. The standard InChI is InChI=1S/C7H8ClN3/c1-10-7-5(4-9)2-3-6(8)11-7/h2-4,9H,1H3,(H,10,11). The van der Waals surface area contributed by atoms with E-state index in [1.807, 2.05) is 0 Å². The predicted octanol–water partition coefficient (Wildman–Crippen LogP) is 1.77. The summed E-state index contributed by atoms with van der Waals surface area (Å²) < 4.78 is 0. The van der Waals surface area contributed by atoms with Crippen LogP contribution in [0.1, 0.15) is 5.56 Å². The maximum Gasteiger partial charge on any atom is 0.136 e. The van der Waals surface area contributed by atoms with Crippen molar-refractivity contribution in [3.05, 3.63) is 22.8 Å². The van der Waals surface area contributed by atoms with Crippen LogP contribution in [0.2, 0.25) is 5.15 Å². The summed E-state index contributed by atoms with van der Waals surface area (Å²) in [4.78, 5) is 3.97. The summed E-state index contributed by atoms with van der Waals surface area (Å²) >= 11 is 5.63. The lowest BCUT2D eigenvalue weighted by Crippen LogP contribution is -1.97. The molecule has 58 valence electrons. The number of hydrogen-bond acceptors (Lipinski definition) is 3. The molecule has 0 amide bonds. The maximum atomic E-state index is 7.01. The second-order valence-electron chi connectivity index (χ2n) is 1.97. The van der Waals surface area contributed by atoms with Crippen molar-refractivity contribution in [3.8, 4) is 0 Å². The first-order valence-electron chi connectivity index (χ1n) is 3.12. The molecule has 1 aromatic rings. The van der Waals surface area contributed by atoms with Crippen LogP contribution in [0.4, 0.5) is 5.82 Å². The first-order chi connectivity index (χ1) is 5.27. The Kier molecular flexibility index (Phi) is 2.44. The van der Waals surface area contributed by atoms with Crippen molar-refractivity contribution in [1.82, 2.24) is 4.98 Å². The molecule has 1 rings (SSSR count). The lowest BCUT2D eigenvalue weighted by molar-refractivity contribution is 1.28. The smallest absolute Gasteiger partial charge is 0.136 e. The summed E-state index contributed by atoms with van der Waals surface area (Å²) in [6.07, 6.45) is 1.23. The van der Waals surface area contributed by atoms with Gasteiger partial charge in [0.25, 0.3) is 0 Å². The lowest BCUT2D eigenvalue weighted by Gasteiger charge is -2.02. The Morgan fingerprint density at radius 2 is 2.36 bits per heavy atom. The quantitative estimate of drug-likeness (QED) is 0.524. The third kappa shape index (κ3) is 1.68. The number of aromatic nitrogens is 1. The van der Waals surface area contributed by atoms with Gasteiger partial charge >= 0.3 is 0 Å². The molecule has 0 saturated carbocycles. The van der Waals surface area contributed by atoms with Crippen molar-refractivity contribution in [2.45, 2.75) is 0 Å². The average molecular weight is 170 g/mol. The van der Waals surface area contributed by atoms with Crippen LogP contribution in [0.15, 0.2) is 12.1 Å². The zero-order chi connectivity index (χ0) is 8.27. The molecule has 0 aromatic carbocycles. The number of nitrogens with one attached hydrogen (secondary N) is 2. The Hall–Kier alpha value is -1.09. The predicted molar refractivity (Wildman–Crippen MR) is 46.7 cm³/mol. The second kappa shape index (κ2) is 3.34. The molecule has 4 heteroatoms. The molecule has 2 N–H and O–H groups in total. The number of nitrogens with zero attached hydrogens (tertiary/aromatic N) is 1. The van der Waals surface area contributed by atoms with Crippen molar-refractivity contribution in [2.75, 3.05) is 12.4 Å². The lowest BCUT2D eigenvalue weighted by atomic mass is 10.3. The Balaban J connectivity index is 3.16. The van der Waals surface area contributed by atoms with E-state index in [0.29, 0.717) is 11.0 Å². The molecule has 0 aliphatic rings. The fraction of sp³-hybridized carbons (Fsp3) is 0.143. The van der Waals surface area contributed by atoms with Gasteiger partial charge in [0.05, 0.1) is 0 Å². The van der Waals surface area contributed by atoms with Gasteiger partial charge in [0.2, 0.25) is 0 Å². The minimum absolute atomic E-state index is 0.431. The van der Waals surface area contributed by atoms with Crippen molar-refractivity contribution in [2.24, 2.45) is 0 Å². The minimum atomic E-state index is 0.431. The van der Waals surface area contributed by atoms with Gasteiger partial charge < -0.3 is 10.7 Å². The summed E-state index contributed by atoms with van der Waals surface area (Å²) in [6.45, 7) is 0. The first-order valence-corrected chi connectivity index (χ1v) is 3.50. The molecule has 0 fully saturated rings. The third-order valence-corrected chi connectivity index (χ3v) is 1.50. The van der Waals surface area contributed by atoms with E-state index in [1.54, 1.807) is 19.2 Å². The molecule has 3 nitrogen and oxygen atoms in total. The van der Waals surface area contributed by atoms with Crippen LogP contribution < -0.4 is 5.32 Å². The fourth-order valence-electron chi connectivity index (χ4n) is 0.763. The molecule has 1 aromatic heterocycles. The molecule has 0 radical (unpaired) electrons. The van der Waals surface area contributed by atoms with Crippen molar-refractivity contribution < 1.29 is 0 Å². The summed E-state index contributed by atoms with van der Waals surface area (Å²) in [5.41, 5.74) is 0.733. The van der Waals surface area contributed by atoms with Crippen LogP contribution in [-0.4, -0.2) is 18.2 Å². The average Bonchev–Trinajstić information content (AvgIpc) is 2.04. The van der Waals surface area contributed by atoms with Gasteiger partial charge in [-0.1, -0.05) is 11.6 Å². The molecular formula is C7H8ClN3. The van der Waals surface area contributed by atoms with E-state index >= 15 is 0 Å². The summed E-state index contributed by atoms with van der Waals surface area (Å²) in [5, 5.41) is 10.3. The Labute approximate surface area is 69.9 Å². The largest absolute Gasteiger partial charge is 0.373 e. The topological polar surface area (TPSA) is 48.8 Å². The van der Waals surface area contributed by atoms with E-state index in [-0.39, 0.29) is 0 Å². The van der Waals surface area contributed by atoms with Crippen LogP contribution in [-0.2, 0) is 0 Å². The van der Waals surface area contributed by atoms with Gasteiger partial charge in [-0.15, -0.1) is 0 Å². The Bertz CT molecular complexity index is 272. The zero-order valence-corrected chi connectivity index (χ0v) is 6.81. The van der Waals surface area contributed by atoms with Crippen LogP contribution >= 0.6 is 11.6 Å². The number of halogens is 1. The molecule has 0 aliphatic carbocycles. The highest BCUT2D eigenvalue weighted by atomic mass is 35.5. The summed E-state index contributed by atoms with van der Waals surface area (Å²) in [5.74, 6) is 0.632. The molecular weight excluding hydrogens is 162 g/mol. The first kappa shape index (κ1) is 8.01. The van der Waals surface area contributed by atoms with Gasteiger partial charge in [0.1, 0.15) is 11.0 Å². The second-order valence-corrected chi connectivity index (χ2v) is 2.35. The van der Waals surface area contributed by atoms with E-state index in [4.69, 9.17) is 17.0 Å². The summed E-state index contributed by atoms with van der Waals surface area (Å²) in [6, 6.07) is 3.40. The van der Waals surface area contributed by atoms with E-state index in [0.717, 1.165) is 5.56 Å². The van der Waals surface area contributed by atoms with Crippen LogP contribution in [0.25, 0.3) is 0 Å².